The maximum atomic E-state index is 10.5. The lowest BCUT2D eigenvalue weighted by Gasteiger charge is -2.16. The van der Waals surface area contributed by atoms with Crippen LogP contribution in [-0.2, 0) is 0 Å². The summed E-state index contributed by atoms with van der Waals surface area (Å²) in [5.41, 5.74) is 0. The SMILES string of the molecule is COc1cc(O)ccc1Oc1cc(O)c(Oc2ccc(O)cc2OC)c(OC)c1. The number of phenols is 3. The molecule has 0 fully saturated rings. The van der Waals surface area contributed by atoms with Crippen LogP contribution >= 0.6 is 0 Å². The van der Waals surface area contributed by atoms with E-state index in [9.17, 15) is 15.3 Å². The standard InChI is InChI=1S/C21H20O8/c1-25-18-8-12(22)4-6-16(18)28-14-10-15(24)21(20(11-14)27-3)29-17-7-5-13(23)9-19(17)26-2/h4-11,22-24H,1-3H3. The average Bonchev–Trinajstić information content (AvgIpc) is 2.71. The highest BCUT2D eigenvalue weighted by Crippen LogP contribution is 2.46. The molecule has 0 aromatic heterocycles. The van der Waals surface area contributed by atoms with Crippen molar-refractivity contribution in [1.82, 2.24) is 0 Å². The number of aromatic hydroxyl groups is 3. The van der Waals surface area contributed by atoms with Crippen molar-refractivity contribution in [2.24, 2.45) is 0 Å². The van der Waals surface area contributed by atoms with Crippen LogP contribution in [0.4, 0.5) is 0 Å². The van der Waals surface area contributed by atoms with Crippen LogP contribution < -0.4 is 23.7 Å². The van der Waals surface area contributed by atoms with Crippen LogP contribution in [0.3, 0.4) is 0 Å². The Morgan fingerprint density at radius 1 is 0.552 bits per heavy atom. The summed E-state index contributed by atoms with van der Waals surface area (Å²) in [6, 6.07) is 11.6. The lowest BCUT2D eigenvalue weighted by Crippen LogP contribution is -1.95. The fraction of sp³-hybridized carbons (Fsp3) is 0.143. The van der Waals surface area contributed by atoms with Gasteiger partial charge in [-0.3, -0.25) is 0 Å². The third kappa shape index (κ3) is 4.32. The minimum absolute atomic E-state index is 0.0111. The lowest BCUT2D eigenvalue weighted by molar-refractivity contribution is 0.334. The Bertz CT molecular complexity index is 1020. The van der Waals surface area contributed by atoms with Gasteiger partial charge in [-0.25, -0.2) is 0 Å². The van der Waals surface area contributed by atoms with E-state index >= 15 is 0 Å². The van der Waals surface area contributed by atoms with Crippen molar-refractivity contribution >= 4 is 0 Å². The van der Waals surface area contributed by atoms with Gasteiger partial charge in [0.25, 0.3) is 0 Å². The average molecular weight is 400 g/mol. The van der Waals surface area contributed by atoms with E-state index in [1.54, 1.807) is 0 Å². The number of methoxy groups -OCH3 is 3. The number of phenolic OH excluding ortho intramolecular Hbond substituents is 3. The van der Waals surface area contributed by atoms with E-state index in [4.69, 9.17) is 23.7 Å². The minimum atomic E-state index is -0.243. The van der Waals surface area contributed by atoms with E-state index in [0.29, 0.717) is 11.5 Å². The molecule has 0 atom stereocenters. The fourth-order valence-electron chi connectivity index (χ4n) is 2.59. The first-order valence-corrected chi connectivity index (χ1v) is 8.46. The molecule has 8 heteroatoms. The molecule has 0 spiro atoms. The van der Waals surface area contributed by atoms with Crippen LogP contribution in [0, 0.1) is 0 Å². The van der Waals surface area contributed by atoms with Gasteiger partial charge in [0.05, 0.1) is 21.3 Å². The molecule has 0 saturated heterocycles. The number of ether oxygens (including phenoxy) is 5. The van der Waals surface area contributed by atoms with Crippen LogP contribution in [-0.4, -0.2) is 36.6 Å². The first kappa shape index (κ1) is 19.8. The summed E-state index contributed by atoms with van der Waals surface area (Å²) in [4.78, 5) is 0. The molecule has 0 saturated carbocycles. The quantitative estimate of drug-likeness (QED) is 0.535. The third-order valence-corrected chi connectivity index (χ3v) is 3.96. The summed E-state index contributed by atoms with van der Waals surface area (Å²) in [6.07, 6.45) is 0. The van der Waals surface area contributed by atoms with Gasteiger partial charge in [0, 0.05) is 24.3 Å². The van der Waals surface area contributed by atoms with E-state index in [1.165, 1.54) is 69.9 Å². The molecule has 0 aliphatic heterocycles. The maximum absolute atomic E-state index is 10.5. The summed E-state index contributed by atoms with van der Waals surface area (Å²) in [5.74, 6) is 1.50. The topological polar surface area (TPSA) is 107 Å². The molecule has 0 aliphatic carbocycles. The summed E-state index contributed by atoms with van der Waals surface area (Å²) in [7, 11) is 4.29. The number of rotatable bonds is 7. The Morgan fingerprint density at radius 3 is 1.59 bits per heavy atom. The third-order valence-electron chi connectivity index (χ3n) is 3.96. The van der Waals surface area contributed by atoms with Crippen LogP contribution in [0.2, 0.25) is 0 Å². The largest absolute Gasteiger partial charge is 0.508 e. The van der Waals surface area contributed by atoms with Crippen molar-refractivity contribution in [2.75, 3.05) is 21.3 Å². The van der Waals surface area contributed by atoms with E-state index in [2.05, 4.69) is 0 Å². The first-order chi connectivity index (χ1) is 13.9. The summed E-state index contributed by atoms with van der Waals surface area (Å²) in [6.45, 7) is 0. The van der Waals surface area contributed by atoms with E-state index in [-0.39, 0.29) is 46.0 Å². The number of benzene rings is 3. The van der Waals surface area contributed by atoms with Gasteiger partial charge < -0.3 is 39.0 Å². The Balaban J connectivity index is 1.94. The maximum Gasteiger partial charge on any atom is 0.211 e. The molecule has 3 aromatic rings. The predicted octanol–water partition coefficient (Wildman–Crippen LogP) is 4.41. The molecule has 0 amide bonds. The normalized spacial score (nSPS) is 10.3. The molecule has 3 rings (SSSR count). The summed E-state index contributed by atoms with van der Waals surface area (Å²) < 4.78 is 27.2. The molecule has 3 aromatic carbocycles. The second-order valence-corrected chi connectivity index (χ2v) is 5.85. The van der Waals surface area contributed by atoms with Gasteiger partial charge in [0.15, 0.2) is 34.5 Å². The van der Waals surface area contributed by atoms with Crippen LogP contribution in [0.5, 0.6) is 57.5 Å². The monoisotopic (exact) mass is 400 g/mol. The van der Waals surface area contributed by atoms with Gasteiger partial charge >= 0.3 is 0 Å². The zero-order chi connectivity index (χ0) is 21.0. The van der Waals surface area contributed by atoms with Crippen molar-refractivity contribution in [3.05, 3.63) is 48.5 Å². The minimum Gasteiger partial charge on any atom is -0.508 e. The highest BCUT2D eigenvalue weighted by Gasteiger charge is 2.18. The van der Waals surface area contributed by atoms with Crippen LogP contribution in [0.15, 0.2) is 48.5 Å². The Kier molecular flexibility index (Phi) is 5.73. The highest BCUT2D eigenvalue weighted by molar-refractivity contribution is 5.59. The van der Waals surface area contributed by atoms with Crippen molar-refractivity contribution in [2.45, 2.75) is 0 Å². The molecule has 0 heterocycles. The van der Waals surface area contributed by atoms with Gasteiger partial charge in [-0.05, 0) is 24.3 Å². The molecular formula is C21H20O8. The Labute approximate surface area is 167 Å². The van der Waals surface area contributed by atoms with Gasteiger partial charge in [-0.15, -0.1) is 0 Å². The van der Waals surface area contributed by atoms with E-state index < -0.39 is 0 Å². The molecule has 0 aliphatic rings. The molecule has 3 N–H and O–H groups in total. The Morgan fingerprint density at radius 2 is 1.07 bits per heavy atom. The molecule has 8 nitrogen and oxygen atoms in total. The molecule has 0 unspecified atom stereocenters. The Hall–Kier alpha value is -3.94. The fourth-order valence-corrected chi connectivity index (χ4v) is 2.59. The number of hydrogen-bond donors (Lipinski definition) is 3. The van der Waals surface area contributed by atoms with Crippen molar-refractivity contribution in [1.29, 1.82) is 0 Å². The second kappa shape index (κ2) is 8.39. The summed E-state index contributed by atoms with van der Waals surface area (Å²) in [5, 5.41) is 29.6. The molecule has 0 radical (unpaired) electrons. The molecule has 29 heavy (non-hydrogen) atoms. The van der Waals surface area contributed by atoms with Gasteiger partial charge in [-0.1, -0.05) is 0 Å². The first-order valence-electron chi connectivity index (χ1n) is 8.46. The molecule has 152 valence electrons. The van der Waals surface area contributed by atoms with Gasteiger partial charge in [-0.2, -0.15) is 0 Å². The van der Waals surface area contributed by atoms with Gasteiger partial charge in [0.1, 0.15) is 17.2 Å². The molecule has 0 bridgehead atoms. The lowest BCUT2D eigenvalue weighted by atomic mass is 10.2. The van der Waals surface area contributed by atoms with E-state index in [0.717, 1.165) is 0 Å². The summed E-state index contributed by atoms with van der Waals surface area (Å²) >= 11 is 0. The van der Waals surface area contributed by atoms with Crippen LogP contribution in [0.1, 0.15) is 0 Å². The molecular weight excluding hydrogens is 380 g/mol. The zero-order valence-corrected chi connectivity index (χ0v) is 16.0. The van der Waals surface area contributed by atoms with Crippen molar-refractivity contribution < 1.29 is 39.0 Å². The van der Waals surface area contributed by atoms with Crippen molar-refractivity contribution in [3.8, 4) is 57.5 Å². The highest BCUT2D eigenvalue weighted by atomic mass is 16.5. The smallest absolute Gasteiger partial charge is 0.211 e. The van der Waals surface area contributed by atoms with Gasteiger partial charge in [0.2, 0.25) is 5.75 Å². The van der Waals surface area contributed by atoms with E-state index in [1.807, 2.05) is 0 Å². The van der Waals surface area contributed by atoms with Crippen LogP contribution in [0.25, 0.3) is 0 Å². The van der Waals surface area contributed by atoms with Crippen molar-refractivity contribution in [3.63, 3.8) is 0 Å². The predicted molar refractivity (Wildman–Crippen MR) is 104 cm³/mol. The zero-order valence-electron chi connectivity index (χ0n) is 16.0. The number of hydrogen-bond acceptors (Lipinski definition) is 8. The second-order valence-electron chi connectivity index (χ2n) is 5.85.